The lowest BCUT2D eigenvalue weighted by Crippen LogP contribution is -2.27. The first kappa shape index (κ1) is 20.8. The summed E-state index contributed by atoms with van der Waals surface area (Å²) in [6.07, 6.45) is 1.30. The highest BCUT2D eigenvalue weighted by Crippen LogP contribution is 2.17. The molecule has 2 aromatic rings. The number of rotatable bonds is 9. The van der Waals surface area contributed by atoms with E-state index in [2.05, 4.69) is 6.92 Å². The summed E-state index contributed by atoms with van der Waals surface area (Å²) in [7, 11) is 1.78. The lowest BCUT2D eigenvalue weighted by atomic mass is 9.97. The Hall–Kier alpha value is -2.53. The van der Waals surface area contributed by atoms with Crippen LogP contribution in [-0.2, 0) is 22.6 Å². The van der Waals surface area contributed by atoms with Gasteiger partial charge in [-0.3, -0.25) is 4.79 Å². The number of hydrogen-bond donors (Lipinski definition) is 1. The van der Waals surface area contributed by atoms with Gasteiger partial charge in [0.2, 0.25) is 5.91 Å². The van der Waals surface area contributed by atoms with Gasteiger partial charge in [0.05, 0.1) is 0 Å². The van der Waals surface area contributed by atoms with Gasteiger partial charge in [0, 0.05) is 25.0 Å². The summed E-state index contributed by atoms with van der Waals surface area (Å²) >= 11 is 5.90. The van der Waals surface area contributed by atoms with Crippen molar-refractivity contribution in [2.24, 2.45) is 5.92 Å². The highest BCUT2D eigenvalue weighted by atomic mass is 35.5. The van der Waals surface area contributed by atoms with Crippen LogP contribution >= 0.6 is 11.6 Å². The van der Waals surface area contributed by atoms with Gasteiger partial charge in [0.25, 0.3) is 0 Å². The minimum absolute atomic E-state index is 0.0858. The first-order valence-corrected chi connectivity index (χ1v) is 9.13. The molecular weight excluding hydrogens is 366 g/mol. The Morgan fingerprint density at radius 1 is 1.07 bits per heavy atom. The third-order valence-electron chi connectivity index (χ3n) is 4.15. The largest absolute Gasteiger partial charge is 0.482 e. The molecule has 1 N–H and O–H groups in total. The van der Waals surface area contributed by atoms with Crippen LogP contribution in [0.25, 0.3) is 0 Å². The molecule has 0 bridgehead atoms. The van der Waals surface area contributed by atoms with Crippen molar-refractivity contribution in [3.63, 3.8) is 0 Å². The lowest BCUT2D eigenvalue weighted by Gasteiger charge is -2.20. The summed E-state index contributed by atoms with van der Waals surface area (Å²) in [4.78, 5) is 24.7. The van der Waals surface area contributed by atoms with Crippen molar-refractivity contribution in [1.29, 1.82) is 0 Å². The summed E-state index contributed by atoms with van der Waals surface area (Å²) < 4.78 is 5.10. The number of carbonyl (C=O) groups is 2. The van der Waals surface area contributed by atoms with Crippen LogP contribution < -0.4 is 4.74 Å². The van der Waals surface area contributed by atoms with Crippen LogP contribution in [-0.4, -0.2) is 35.5 Å². The van der Waals surface area contributed by atoms with E-state index in [1.54, 1.807) is 24.1 Å². The fourth-order valence-corrected chi connectivity index (χ4v) is 2.87. The number of ether oxygens (including phenoxy) is 1. The molecule has 0 radical (unpaired) electrons. The van der Waals surface area contributed by atoms with E-state index in [0.717, 1.165) is 12.0 Å². The van der Waals surface area contributed by atoms with E-state index < -0.39 is 5.97 Å². The van der Waals surface area contributed by atoms with Crippen molar-refractivity contribution in [1.82, 2.24) is 4.90 Å². The first-order valence-electron chi connectivity index (χ1n) is 8.75. The van der Waals surface area contributed by atoms with Gasteiger partial charge in [0.1, 0.15) is 5.75 Å². The molecule has 1 amide bonds. The van der Waals surface area contributed by atoms with Gasteiger partial charge in [-0.2, -0.15) is 0 Å². The monoisotopic (exact) mass is 389 g/mol. The van der Waals surface area contributed by atoms with Crippen molar-refractivity contribution in [3.05, 3.63) is 64.7 Å². The maximum absolute atomic E-state index is 12.5. The highest BCUT2D eigenvalue weighted by molar-refractivity contribution is 6.30. The van der Waals surface area contributed by atoms with E-state index >= 15 is 0 Å². The molecule has 0 aromatic heterocycles. The molecule has 0 aliphatic rings. The number of carbonyl (C=O) groups excluding carboxylic acids is 1. The van der Waals surface area contributed by atoms with Gasteiger partial charge in [0.15, 0.2) is 6.61 Å². The third kappa shape index (κ3) is 7.31. The Kier molecular flexibility index (Phi) is 7.67. The van der Waals surface area contributed by atoms with Gasteiger partial charge in [-0.05, 0) is 47.7 Å². The number of amides is 1. The molecule has 1 unspecified atom stereocenters. The average molecular weight is 390 g/mol. The van der Waals surface area contributed by atoms with Crippen LogP contribution in [0, 0.1) is 5.92 Å². The molecule has 1 atom stereocenters. The molecule has 6 heteroatoms. The molecular formula is C21H24ClNO4. The Balaban J connectivity index is 1.82. The van der Waals surface area contributed by atoms with Gasteiger partial charge in [-0.25, -0.2) is 4.79 Å². The minimum atomic E-state index is -1.02. The highest BCUT2D eigenvalue weighted by Gasteiger charge is 2.14. The maximum Gasteiger partial charge on any atom is 0.341 e. The Morgan fingerprint density at radius 2 is 1.67 bits per heavy atom. The SMILES string of the molecule is CC(CC(=O)N(C)Cc1ccc(OCC(=O)O)cc1)Cc1ccc(Cl)cc1. The van der Waals surface area contributed by atoms with Crippen molar-refractivity contribution in [2.45, 2.75) is 26.3 Å². The summed E-state index contributed by atoms with van der Waals surface area (Å²) in [5.41, 5.74) is 2.12. The zero-order valence-corrected chi connectivity index (χ0v) is 16.3. The summed E-state index contributed by atoms with van der Waals surface area (Å²) in [6.45, 7) is 2.18. The number of halogens is 1. The van der Waals surface area contributed by atoms with Crippen LogP contribution in [0.1, 0.15) is 24.5 Å². The predicted octanol–water partition coefficient (Wildman–Crippen LogP) is 4.03. The predicted molar refractivity (Wildman–Crippen MR) is 105 cm³/mol. The Labute approximate surface area is 164 Å². The fraction of sp³-hybridized carbons (Fsp3) is 0.333. The standard InChI is InChI=1S/C21H24ClNO4/c1-15(11-16-3-7-18(22)8-4-16)12-20(24)23(2)13-17-5-9-19(10-6-17)27-14-21(25)26/h3-10,15H,11-14H2,1-2H3,(H,25,26). The number of carboxylic acids is 1. The van der Waals surface area contributed by atoms with E-state index in [1.165, 1.54) is 5.56 Å². The Morgan fingerprint density at radius 3 is 2.26 bits per heavy atom. The molecule has 27 heavy (non-hydrogen) atoms. The number of carboxylic acid groups (broad SMARTS) is 1. The second kappa shape index (κ2) is 9.97. The number of nitrogens with zero attached hydrogens (tertiary/aromatic N) is 1. The van der Waals surface area contributed by atoms with Crippen molar-refractivity contribution in [3.8, 4) is 5.75 Å². The van der Waals surface area contributed by atoms with E-state index in [0.29, 0.717) is 23.7 Å². The van der Waals surface area contributed by atoms with Crippen LogP contribution in [0.15, 0.2) is 48.5 Å². The zero-order chi connectivity index (χ0) is 19.8. The first-order chi connectivity index (χ1) is 12.8. The average Bonchev–Trinajstić information content (AvgIpc) is 2.63. The molecule has 0 fully saturated rings. The second-order valence-electron chi connectivity index (χ2n) is 6.72. The van der Waals surface area contributed by atoms with E-state index in [1.807, 2.05) is 36.4 Å². The van der Waals surface area contributed by atoms with Gasteiger partial charge < -0.3 is 14.7 Å². The third-order valence-corrected chi connectivity index (χ3v) is 4.40. The molecule has 0 spiro atoms. The number of aliphatic carboxylic acids is 1. The molecule has 144 valence electrons. The molecule has 2 rings (SSSR count). The van der Waals surface area contributed by atoms with Crippen LogP contribution in [0.5, 0.6) is 5.75 Å². The van der Waals surface area contributed by atoms with Crippen molar-refractivity contribution >= 4 is 23.5 Å². The molecule has 0 saturated heterocycles. The van der Waals surface area contributed by atoms with Gasteiger partial charge in [-0.1, -0.05) is 42.8 Å². The van der Waals surface area contributed by atoms with Crippen molar-refractivity contribution < 1.29 is 19.4 Å². The molecule has 2 aromatic carbocycles. The van der Waals surface area contributed by atoms with Gasteiger partial charge in [-0.15, -0.1) is 0 Å². The second-order valence-corrected chi connectivity index (χ2v) is 7.15. The zero-order valence-electron chi connectivity index (χ0n) is 15.5. The number of benzene rings is 2. The molecule has 5 nitrogen and oxygen atoms in total. The molecule has 0 saturated carbocycles. The van der Waals surface area contributed by atoms with Gasteiger partial charge >= 0.3 is 5.97 Å². The molecule has 0 aliphatic heterocycles. The summed E-state index contributed by atoms with van der Waals surface area (Å²) in [5.74, 6) is -0.209. The van der Waals surface area contributed by atoms with E-state index in [-0.39, 0.29) is 18.4 Å². The molecule has 0 aliphatic carbocycles. The van der Waals surface area contributed by atoms with Crippen molar-refractivity contribution in [2.75, 3.05) is 13.7 Å². The normalized spacial score (nSPS) is 11.7. The quantitative estimate of drug-likeness (QED) is 0.703. The molecule has 0 heterocycles. The smallest absolute Gasteiger partial charge is 0.341 e. The maximum atomic E-state index is 12.5. The van der Waals surface area contributed by atoms with E-state index in [4.69, 9.17) is 21.4 Å². The van der Waals surface area contributed by atoms with Crippen LogP contribution in [0.4, 0.5) is 0 Å². The van der Waals surface area contributed by atoms with Crippen LogP contribution in [0.3, 0.4) is 0 Å². The van der Waals surface area contributed by atoms with Crippen LogP contribution in [0.2, 0.25) is 5.02 Å². The fourth-order valence-electron chi connectivity index (χ4n) is 2.75. The Bertz CT molecular complexity index is 759. The summed E-state index contributed by atoms with van der Waals surface area (Å²) in [6, 6.07) is 14.8. The number of hydrogen-bond acceptors (Lipinski definition) is 3. The van der Waals surface area contributed by atoms with E-state index in [9.17, 15) is 9.59 Å². The minimum Gasteiger partial charge on any atom is -0.482 e. The lowest BCUT2D eigenvalue weighted by molar-refractivity contribution is -0.139. The summed E-state index contributed by atoms with van der Waals surface area (Å²) in [5, 5.41) is 9.32. The topological polar surface area (TPSA) is 66.8 Å².